The van der Waals surface area contributed by atoms with Gasteiger partial charge in [-0.25, -0.2) is 4.79 Å². The quantitative estimate of drug-likeness (QED) is 0.819. The average molecular weight is 375 g/mol. The zero-order chi connectivity index (χ0) is 19.7. The first-order valence-electron chi connectivity index (χ1n) is 9.53. The summed E-state index contributed by atoms with van der Waals surface area (Å²) in [5, 5.41) is 2.98. The molecule has 3 rings (SSSR count). The van der Waals surface area contributed by atoms with Crippen LogP contribution in [0.15, 0.2) is 12.1 Å². The van der Waals surface area contributed by atoms with E-state index in [0.29, 0.717) is 38.9 Å². The van der Waals surface area contributed by atoms with Gasteiger partial charge in [0.05, 0.1) is 26.7 Å². The fraction of sp³-hybridized carbons (Fsp3) is 0.619. The third kappa shape index (κ3) is 4.01. The summed E-state index contributed by atoms with van der Waals surface area (Å²) >= 11 is 0. The minimum atomic E-state index is -1.01. The average Bonchev–Trinajstić information content (AvgIpc) is 3.08. The lowest BCUT2D eigenvalue weighted by Gasteiger charge is -2.42. The van der Waals surface area contributed by atoms with Gasteiger partial charge >= 0.3 is 5.97 Å². The van der Waals surface area contributed by atoms with Crippen LogP contribution in [0, 0.1) is 20.8 Å². The van der Waals surface area contributed by atoms with Crippen LogP contribution in [0.4, 0.5) is 0 Å². The van der Waals surface area contributed by atoms with Crippen LogP contribution in [0.2, 0.25) is 0 Å². The largest absolute Gasteiger partial charge is 0.467 e. The van der Waals surface area contributed by atoms with Gasteiger partial charge < -0.3 is 19.5 Å². The number of carbonyl (C=O) groups is 2. The lowest BCUT2D eigenvalue weighted by atomic mass is 9.78. The molecule has 1 spiro atoms. The molecule has 0 bridgehead atoms. The van der Waals surface area contributed by atoms with Gasteiger partial charge in [-0.15, -0.1) is 0 Å². The summed E-state index contributed by atoms with van der Waals surface area (Å²) in [6.45, 7) is 7.21. The molecular formula is C21H29NO5. The van der Waals surface area contributed by atoms with Gasteiger partial charge in [0.15, 0.2) is 5.79 Å². The molecule has 2 fully saturated rings. The lowest BCUT2D eigenvalue weighted by molar-refractivity contribution is -0.192. The number of ether oxygens (including phenoxy) is 3. The predicted molar refractivity (Wildman–Crippen MR) is 100 cm³/mol. The van der Waals surface area contributed by atoms with Gasteiger partial charge in [0.25, 0.3) is 0 Å². The highest BCUT2D eigenvalue weighted by atomic mass is 16.7. The highest BCUT2D eigenvalue weighted by molar-refractivity contribution is 5.89. The van der Waals surface area contributed by atoms with E-state index in [1.54, 1.807) is 0 Å². The number of aryl methyl sites for hydroxylation is 3. The fourth-order valence-electron chi connectivity index (χ4n) is 4.38. The fourth-order valence-corrected chi connectivity index (χ4v) is 4.38. The molecule has 1 aromatic rings. The molecule has 6 nitrogen and oxygen atoms in total. The minimum absolute atomic E-state index is 0.167. The molecule has 2 aliphatic rings. The number of esters is 1. The van der Waals surface area contributed by atoms with Crippen molar-refractivity contribution in [1.82, 2.24) is 5.32 Å². The van der Waals surface area contributed by atoms with Crippen LogP contribution >= 0.6 is 0 Å². The Morgan fingerprint density at radius 2 is 1.59 bits per heavy atom. The molecule has 0 atom stereocenters. The molecule has 1 aliphatic carbocycles. The van der Waals surface area contributed by atoms with Crippen molar-refractivity contribution in [3.8, 4) is 0 Å². The second kappa shape index (κ2) is 7.60. The third-order valence-corrected chi connectivity index (χ3v) is 5.81. The Bertz CT molecular complexity index is 703. The first kappa shape index (κ1) is 19.8. The molecule has 1 N–H and O–H groups in total. The Kier molecular flexibility index (Phi) is 5.58. The summed E-state index contributed by atoms with van der Waals surface area (Å²) in [4.78, 5) is 25.4. The van der Waals surface area contributed by atoms with Gasteiger partial charge in [-0.2, -0.15) is 0 Å². The van der Waals surface area contributed by atoms with Crippen molar-refractivity contribution >= 4 is 11.9 Å². The molecule has 0 radical (unpaired) electrons. The van der Waals surface area contributed by atoms with Crippen LogP contribution < -0.4 is 5.32 Å². The summed E-state index contributed by atoms with van der Waals surface area (Å²) in [7, 11) is 1.36. The highest BCUT2D eigenvalue weighted by Crippen LogP contribution is 2.40. The molecule has 0 unspecified atom stereocenters. The normalized spacial score (nSPS) is 20.4. The molecule has 1 saturated heterocycles. The number of methoxy groups -OCH3 is 1. The first-order valence-corrected chi connectivity index (χ1v) is 9.53. The Morgan fingerprint density at radius 1 is 1.04 bits per heavy atom. The maximum Gasteiger partial charge on any atom is 0.331 e. The van der Waals surface area contributed by atoms with Crippen molar-refractivity contribution in [3.63, 3.8) is 0 Å². The maximum absolute atomic E-state index is 12.8. The number of rotatable bonds is 4. The van der Waals surface area contributed by atoms with E-state index in [9.17, 15) is 9.59 Å². The third-order valence-electron chi connectivity index (χ3n) is 5.81. The summed E-state index contributed by atoms with van der Waals surface area (Å²) in [5.74, 6) is -1.17. The topological polar surface area (TPSA) is 73.9 Å². The zero-order valence-electron chi connectivity index (χ0n) is 16.6. The van der Waals surface area contributed by atoms with Gasteiger partial charge in [0, 0.05) is 12.8 Å². The molecule has 1 aromatic carbocycles. The van der Waals surface area contributed by atoms with E-state index in [4.69, 9.17) is 14.2 Å². The molecular weight excluding hydrogens is 346 g/mol. The van der Waals surface area contributed by atoms with E-state index < -0.39 is 17.3 Å². The molecule has 1 heterocycles. The standard InChI is InChI=1S/C21H29NO5/c1-14-11-15(2)17(16(3)12-14)13-18(23)22-20(19(24)25-4)5-7-21(8-6-20)26-9-10-27-21/h11-12H,5-10,13H2,1-4H3,(H,22,23). The molecule has 27 heavy (non-hydrogen) atoms. The van der Waals surface area contributed by atoms with E-state index in [1.807, 2.05) is 20.8 Å². The molecule has 1 aliphatic heterocycles. The molecule has 0 aromatic heterocycles. The van der Waals surface area contributed by atoms with Crippen molar-refractivity contribution in [2.24, 2.45) is 0 Å². The van der Waals surface area contributed by atoms with Crippen LogP contribution in [-0.2, 0) is 30.2 Å². The van der Waals surface area contributed by atoms with E-state index >= 15 is 0 Å². The van der Waals surface area contributed by atoms with Crippen LogP contribution in [0.5, 0.6) is 0 Å². The number of hydrogen-bond donors (Lipinski definition) is 1. The number of amides is 1. The molecule has 6 heteroatoms. The molecule has 1 amide bonds. The summed E-state index contributed by atoms with van der Waals surface area (Å²) in [6.07, 6.45) is 2.25. The van der Waals surface area contributed by atoms with Crippen LogP contribution in [0.25, 0.3) is 0 Å². The number of benzene rings is 1. The second-order valence-corrected chi connectivity index (χ2v) is 7.78. The van der Waals surface area contributed by atoms with Gasteiger partial charge in [0.1, 0.15) is 5.54 Å². The summed E-state index contributed by atoms with van der Waals surface area (Å²) < 4.78 is 16.5. The summed E-state index contributed by atoms with van der Waals surface area (Å²) in [5.41, 5.74) is 3.34. The SMILES string of the molecule is COC(=O)C1(NC(=O)Cc2c(C)cc(C)cc2C)CCC2(CC1)OCCO2. The monoisotopic (exact) mass is 375 g/mol. The maximum atomic E-state index is 12.8. The molecule has 148 valence electrons. The van der Waals surface area contributed by atoms with Crippen LogP contribution in [0.3, 0.4) is 0 Å². The first-order chi connectivity index (χ1) is 12.8. The van der Waals surface area contributed by atoms with Crippen molar-refractivity contribution in [3.05, 3.63) is 34.4 Å². The van der Waals surface area contributed by atoms with Crippen molar-refractivity contribution < 1.29 is 23.8 Å². The summed E-state index contributed by atoms with van der Waals surface area (Å²) in [6, 6.07) is 4.15. The number of carbonyl (C=O) groups excluding carboxylic acids is 2. The lowest BCUT2D eigenvalue weighted by Crippen LogP contribution is -2.59. The Labute approximate surface area is 160 Å². The van der Waals surface area contributed by atoms with E-state index in [1.165, 1.54) is 12.7 Å². The van der Waals surface area contributed by atoms with Crippen molar-refractivity contribution in [1.29, 1.82) is 0 Å². The van der Waals surface area contributed by atoms with Crippen LogP contribution in [0.1, 0.15) is 47.9 Å². The highest BCUT2D eigenvalue weighted by Gasteiger charge is 2.51. The van der Waals surface area contributed by atoms with E-state index in [2.05, 4.69) is 17.4 Å². The van der Waals surface area contributed by atoms with E-state index in [-0.39, 0.29) is 12.3 Å². The van der Waals surface area contributed by atoms with Gasteiger partial charge in [-0.1, -0.05) is 17.7 Å². The van der Waals surface area contributed by atoms with E-state index in [0.717, 1.165) is 16.7 Å². The molecule has 1 saturated carbocycles. The second-order valence-electron chi connectivity index (χ2n) is 7.78. The Balaban J connectivity index is 1.74. The van der Waals surface area contributed by atoms with Crippen molar-refractivity contribution in [2.45, 2.75) is 64.2 Å². The predicted octanol–water partition coefficient (Wildman–Crippen LogP) is 2.50. The van der Waals surface area contributed by atoms with Crippen molar-refractivity contribution in [2.75, 3.05) is 20.3 Å². The smallest absolute Gasteiger partial charge is 0.331 e. The van der Waals surface area contributed by atoms with Gasteiger partial charge in [-0.05, 0) is 50.3 Å². The Morgan fingerprint density at radius 3 is 2.11 bits per heavy atom. The Hall–Kier alpha value is -1.92. The van der Waals surface area contributed by atoms with Gasteiger partial charge in [0.2, 0.25) is 5.91 Å². The number of nitrogens with one attached hydrogen (secondary N) is 1. The van der Waals surface area contributed by atoms with Gasteiger partial charge in [-0.3, -0.25) is 4.79 Å². The van der Waals surface area contributed by atoms with Crippen LogP contribution in [-0.4, -0.2) is 43.5 Å². The minimum Gasteiger partial charge on any atom is -0.467 e. The zero-order valence-corrected chi connectivity index (χ0v) is 16.6. The number of hydrogen-bond acceptors (Lipinski definition) is 5.